The van der Waals surface area contributed by atoms with Crippen LogP contribution in [0.5, 0.6) is 0 Å². The summed E-state index contributed by atoms with van der Waals surface area (Å²) in [6.07, 6.45) is -0.539. The van der Waals surface area contributed by atoms with E-state index in [4.69, 9.17) is 0 Å². The monoisotopic (exact) mass is 261 g/mol. The number of benzene rings is 1. The number of aliphatic hydroxyl groups is 1. The van der Waals surface area contributed by atoms with Crippen molar-refractivity contribution in [2.75, 3.05) is 6.54 Å². The zero-order chi connectivity index (χ0) is 13.9. The Morgan fingerprint density at radius 1 is 1.11 bits per heavy atom. The van der Waals surface area contributed by atoms with Gasteiger partial charge in [0.2, 0.25) is 0 Å². The van der Waals surface area contributed by atoms with Crippen LogP contribution in [0.2, 0.25) is 0 Å². The van der Waals surface area contributed by atoms with Crippen LogP contribution in [-0.4, -0.2) is 17.8 Å². The summed E-state index contributed by atoms with van der Waals surface area (Å²) in [6, 6.07) is 1.54. The van der Waals surface area contributed by atoms with Gasteiger partial charge in [0.1, 0.15) is 0 Å². The molecule has 2 unspecified atom stereocenters. The number of halogens is 3. The molecule has 0 saturated carbocycles. The van der Waals surface area contributed by atoms with Crippen molar-refractivity contribution in [1.29, 1.82) is 0 Å². The first-order valence-corrected chi connectivity index (χ1v) is 5.88. The maximum atomic E-state index is 13.0. The van der Waals surface area contributed by atoms with E-state index in [1.54, 1.807) is 6.92 Å². The molecule has 0 aliphatic carbocycles. The van der Waals surface area contributed by atoms with Gasteiger partial charge >= 0.3 is 0 Å². The minimum Gasteiger partial charge on any atom is -0.392 e. The van der Waals surface area contributed by atoms with Crippen LogP contribution in [0.15, 0.2) is 12.1 Å². The second-order valence-corrected chi connectivity index (χ2v) is 4.74. The van der Waals surface area contributed by atoms with Crippen molar-refractivity contribution in [3.8, 4) is 0 Å². The Bertz CT molecular complexity index is 386. The van der Waals surface area contributed by atoms with Crippen LogP contribution >= 0.6 is 0 Å². The number of rotatable bonds is 5. The summed E-state index contributed by atoms with van der Waals surface area (Å²) >= 11 is 0. The molecule has 0 aliphatic rings. The van der Waals surface area contributed by atoms with Crippen LogP contribution in [0, 0.1) is 23.4 Å². The van der Waals surface area contributed by atoms with E-state index in [0.717, 1.165) is 12.1 Å². The minimum atomic E-state index is -1.46. The fourth-order valence-electron chi connectivity index (χ4n) is 1.48. The lowest BCUT2D eigenvalue weighted by Gasteiger charge is -2.19. The molecule has 2 nitrogen and oxygen atoms in total. The largest absolute Gasteiger partial charge is 0.392 e. The van der Waals surface area contributed by atoms with Crippen LogP contribution in [0.3, 0.4) is 0 Å². The SMILES string of the molecule is CC(NCC(O)C(C)C)c1cc(F)c(F)c(F)c1. The summed E-state index contributed by atoms with van der Waals surface area (Å²) in [7, 11) is 0. The molecule has 0 saturated heterocycles. The van der Waals surface area contributed by atoms with Gasteiger partial charge in [-0.2, -0.15) is 0 Å². The fourth-order valence-corrected chi connectivity index (χ4v) is 1.48. The predicted octanol–water partition coefficient (Wildman–Crippen LogP) is 2.77. The smallest absolute Gasteiger partial charge is 0.194 e. The Balaban J connectivity index is 2.70. The molecular formula is C13H18F3NO. The molecule has 1 rings (SSSR count). The van der Waals surface area contributed by atoms with Crippen molar-refractivity contribution < 1.29 is 18.3 Å². The van der Waals surface area contributed by atoms with E-state index in [1.807, 2.05) is 13.8 Å². The van der Waals surface area contributed by atoms with Crippen LogP contribution in [0.4, 0.5) is 13.2 Å². The summed E-state index contributed by atoms with van der Waals surface area (Å²) in [5, 5.41) is 12.6. The van der Waals surface area contributed by atoms with E-state index < -0.39 is 23.6 Å². The van der Waals surface area contributed by atoms with Crippen LogP contribution in [-0.2, 0) is 0 Å². The first-order chi connectivity index (χ1) is 8.32. The molecule has 0 aromatic heterocycles. The Labute approximate surface area is 105 Å². The van der Waals surface area contributed by atoms with Crippen LogP contribution in [0.1, 0.15) is 32.4 Å². The third kappa shape index (κ3) is 3.71. The molecule has 0 heterocycles. The first-order valence-electron chi connectivity index (χ1n) is 5.88. The summed E-state index contributed by atoms with van der Waals surface area (Å²) in [4.78, 5) is 0. The highest BCUT2D eigenvalue weighted by Gasteiger charge is 2.16. The summed E-state index contributed by atoms with van der Waals surface area (Å²) in [6.45, 7) is 5.74. The Kier molecular flexibility index (Phi) is 5.16. The van der Waals surface area contributed by atoms with Gasteiger partial charge in [-0.1, -0.05) is 13.8 Å². The van der Waals surface area contributed by atoms with Crippen LogP contribution < -0.4 is 5.32 Å². The maximum absolute atomic E-state index is 13.0. The fraction of sp³-hybridized carbons (Fsp3) is 0.538. The van der Waals surface area contributed by atoms with Crippen molar-refractivity contribution in [2.45, 2.75) is 32.9 Å². The standard InChI is InChI=1S/C13H18F3NO/c1-7(2)12(18)6-17-8(3)9-4-10(14)13(16)11(15)5-9/h4-5,7-8,12,17-18H,6H2,1-3H3. The van der Waals surface area contributed by atoms with Gasteiger partial charge in [-0.25, -0.2) is 13.2 Å². The van der Waals surface area contributed by atoms with Gasteiger partial charge in [-0.05, 0) is 30.5 Å². The molecule has 2 N–H and O–H groups in total. The van der Waals surface area contributed by atoms with E-state index in [-0.39, 0.29) is 12.0 Å². The average molecular weight is 261 g/mol. The molecular weight excluding hydrogens is 243 g/mol. The molecule has 1 aromatic carbocycles. The normalized spacial score (nSPS) is 14.9. The van der Waals surface area contributed by atoms with Gasteiger partial charge in [-0.15, -0.1) is 0 Å². The van der Waals surface area contributed by atoms with Gasteiger partial charge in [0.15, 0.2) is 17.5 Å². The topological polar surface area (TPSA) is 32.3 Å². The van der Waals surface area contributed by atoms with Crippen molar-refractivity contribution in [2.24, 2.45) is 5.92 Å². The molecule has 102 valence electrons. The maximum Gasteiger partial charge on any atom is 0.194 e. The van der Waals surface area contributed by atoms with Gasteiger partial charge in [0, 0.05) is 12.6 Å². The number of nitrogens with one attached hydrogen (secondary N) is 1. The second kappa shape index (κ2) is 6.20. The van der Waals surface area contributed by atoms with E-state index in [2.05, 4.69) is 5.32 Å². The molecule has 2 atom stereocenters. The lowest BCUT2D eigenvalue weighted by atomic mass is 10.1. The van der Waals surface area contributed by atoms with Crippen molar-refractivity contribution in [1.82, 2.24) is 5.32 Å². The molecule has 18 heavy (non-hydrogen) atoms. The molecule has 1 aromatic rings. The Morgan fingerprint density at radius 3 is 2.06 bits per heavy atom. The zero-order valence-corrected chi connectivity index (χ0v) is 10.7. The number of hydrogen-bond acceptors (Lipinski definition) is 2. The highest BCUT2D eigenvalue weighted by molar-refractivity contribution is 5.22. The number of hydrogen-bond donors (Lipinski definition) is 2. The molecule has 0 spiro atoms. The average Bonchev–Trinajstić information content (AvgIpc) is 2.31. The molecule has 5 heteroatoms. The zero-order valence-electron chi connectivity index (χ0n) is 10.7. The van der Waals surface area contributed by atoms with E-state index in [1.165, 1.54) is 0 Å². The van der Waals surface area contributed by atoms with Gasteiger partial charge in [-0.3, -0.25) is 0 Å². The number of aliphatic hydroxyl groups excluding tert-OH is 1. The predicted molar refractivity (Wildman–Crippen MR) is 63.6 cm³/mol. The Morgan fingerprint density at radius 2 is 1.61 bits per heavy atom. The molecule has 0 bridgehead atoms. The molecule has 0 fully saturated rings. The quantitative estimate of drug-likeness (QED) is 0.799. The minimum absolute atomic E-state index is 0.0893. The highest BCUT2D eigenvalue weighted by atomic mass is 19.2. The van der Waals surface area contributed by atoms with Gasteiger partial charge < -0.3 is 10.4 Å². The molecule has 0 amide bonds. The van der Waals surface area contributed by atoms with E-state index in [9.17, 15) is 18.3 Å². The molecule has 0 radical (unpaired) electrons. The van der Waals surface area contributed by atoms with E-state index >= 15 is 0 Å². The lowest BCUT2D eigenvalue weighted by Crippen LogP contribution is -2.32. The first kappa shape index (κ1) is 15.0. The highest BCUT2D eigenvalue weighted by Crippen LogP contribution is 2.19. The van der Waals surface area contributed by atoms with Gasteiger partial charge in [0.05, 0.1) is 6.10 Å². The summed E-state index contributed by atoms with van der Waals surface area (Å²) in [5.41, 5.74) is 0.308. The second-order valence-electron chi connectivity index (χ2n) is 4.74. The van der Waals surface area contributed by atoms with Crippen molar-refractivity contribution in [3.05, 3.63) is 35.1 Å². The third-order valence-corrected chi connectivity index (χ3v) is 2.91. The molecule has 0 aliphatic heterocycles. The third-order valence-electron chi connectivity index (χ3n) is 2.91. The Hall–Kier alpha value is -1.07. The van der Waals surface area contributed by atoms with E-state index in [0.29, 0.717) is 12.1 Å². The van der Waals surface area contributed by atoms with Crippen molar-refractivity contribution >= 4 is 0 Å². The van der Waals surface area contributed by atoms with Crippen molar-refractivity contribution in [3.63, 3.8) is 0 Å². The van der Waals surface area contributed by atoms with Crippen LogP contribution in [0.25, 0.3) is 0 Å². The summed E-state index contributed by atoms with van der Waals surface area (Å²) in [5.74, 6) is -3.79. The summed E-state index contributed by atoms with van der Waals surface area (Å²) < 4.78 is 38.9. The lowest BCUT2D eigenvalue weighted by molar-refractivity contribution is 0.120. The van der Waals surface area contributed by atoms with Gasteiger partial charge in [0.25, 0.3) is 0 Å².